The Morgan fingerprint density at radius 2 is 1.94 bits per heavy atom. The largest absolute Gasteiger partial charge is 0.522 e. The van der Waals surface area contributed by atoms with Crippen LogP contribution in [0.15, 0.2) is 12.4 Å². The number of ether oxygens (including phenoxy) is 2. The van der Waals surface area contributed by atoms with Gasteiger partial charge >= 0.3 is 12.5 Å². The molecule has 0 spiro atoms. The molecule has 4 aliphatic rings. The number of halogens is 3. The van der Waals surface area contributed by atoms with E-state index in [0.29, 0.717) is 18.5 Å². The summed E-state index contributed by atoms with van der Waals surface area (Å²) < 4.78 is 47.6. The zero-order valence-corrected chi connectivity index (χ0v) is 17.8. The third-order valence-corrected chi connectivity index (χ3v) is 6.14. The molecule has 5 rings (SSSR count). The Morgan fingerprint density at radius 3 is 2.55 bits per heavy atom. The van der Waals surface area contributed by atoms with Gasteiger partial charge in [-0.2, -0.15) is 5.10 Å². The van der Waals surface area contributed by atoms with E-state index in [1.807, 2.05) is 20.8 Å². The first kappa shape index (κ1) is 21.9. The predicted octanol–water partition coefficient (Wildman–Crippen LogP) is 3.04. The molecule has 1 N–H and O–H groups in total. The molecule has 8 nitrogen and oxygen atoms in total. The first-order valence-corrected chi connectivity index (χ1v) is 10.3. The maximum atomic E-state index is 12.7. The van der Waals surface area contributed by atoms with Gasteiger partial charge in [0.1, 0.15) is 5.60 Å². The molecule has 1 atom stereocenters. The van der Waals surface area contributed by atoms with Gasteiger partial charge in [0, 0.05) is 25.2 Å². The second-order valence-electron chi connectivity index (χ2n) is 10.00. The molecule has 4 fully saturated rings. The molecule has 2 heterocycles. The smallest absolute Gasteiger partial charge is 0.444 e. The van der Waals surface area contributed by atoms with Crippen LogP contribution in [0.1, 0.15) is 56.8 Å². The van der Waals surface area contributed by atoms with Crippen LogP contribution in [0.2, 0.25) is 0 Å². The van der Waals surface area contributed by atoms with E-state index in [1.54, 1.807) is 15.8 Å². The van der Waals surface area contributed by atoms with Crippen molar-refractivity contribution in [3.05, 3.63) is 18.0 Å². The minimum Gasteiger partial charge on any atom is -0.444 e. The molecule has 0 radical (unpaired) electrons. The maximum absolute atomic E-state index is 12.7. The van der Waals surface area contributed by atoms with Crippen molar-refractivity contribution in [3.8, 4) is 0 Å². The lowest BCUT2D eigenvalue weighted by Gasteiger charge is -2.69. The van der Waals surface area contributed by atoms with Crippen LogP contribution < -0.4 is 5.32 Å². The fourth-order valence-electron chi connectivity index (χ4n) is 4.87. The number of alkyl carbamates (subject to hydrolysis) is 1. The Balaban J connectivity index is 1.28. The average molecular weight is 444 g/mol. The highest BCUT2D eigenvalue weighted by Crippen LogP contribution is 2.65. The maximum Gasteiger partial charge on any atom is 0.522 e. The van der Waals surface area contributed by atoms with E-state index in [4.69, 9.17) is 4.74 Å². The lowest BCUT2D eigenvalue weighted by Crippen LogP contribution is -2.79. The van der Waals surface area contributed by atoms with Crippen molar-refractivity contribution in [1.82, 2.24) is 20.0 Å². The van der Waals surface area contributed by atoms with Crippen LogP contribution in [-0.4, -0.2) is 63.9 Å². The molecule has 1 saturated heterocycles. The lowest BCUT2D eigenvalue weighted by molar-refractivity contribution is -0.328. The lowest BCUT2D eigenvalue weighted by atomic mass is 9.44. The zero-order chi connectivity index (χ0) is 22.7. The normalized spacial score (nSPS) is 29.9. The molecule has 1 aliphatic heterocycles. The molecular formula is C20H27F3N4O4. The predicted molar refractivity (Wildman–Crippen MR) is 102 cm³/mol. The molecule has 172 valence electrons. The van der Waals surface area contributed by atoms with Gasteiger partial charge in [-0.15, -0.1) is 13.2 Å². The van der Waals surface area contributed by atoms with Crippen molar-refractivity contribution in [3.63, 3.8) is 0 Å². The molecule has 3 aliphatic carbocycles. The highest BCUT2D eigenvalue weighted by atomic mass is 19.4. The second kappa shape index (κ2) is 7.11. The number of nitrogens with zero attached hydrogens (tertiary/aromatic N) is 3. The van der Waals surface area contributed by atoms with E-state index < -0.39 is 24.7 Å². The van der Waals surface area contributed by atoms with Gasteiger partial charge in [-0.05, 0) is 46.5 Å². The molecule has 0 unspecified atom stereocenters. The van der Waals surface area contributed by atoms with Gasteiger partial charge in [0.25, 0.3) is 5.91 Å². The fourth-order valence-corrected chi connectivity index (χ4v) is 4.87. The minimum absolute atomic E-state index is 0.207. The summed E-state index contributed by atoms with van der Waals surface area (Å²) in [6.45, 7) is 5.61. The molecule has 3 saturated carbocycles. The number of aromatic nitrogens is 2. The highest BCUT2D eigenvalue weighted by Gasteiger charge is 2.70. The monoisotopic (exact) mass is 444 g/mol. The van der Waals surface area contributed by atoms with Crippen molar-refractivity contribution < 1.29 is 32.2 Å². The number of hydrogen-bond acceptors (Lipinski definition) is 5. The van der Waals surface area contributed by atoms with Crippen LogP contribution in [0.5, 0.6) is 0 Å². The SMILES string of the molecule is CC(C)(C)OC(=O)NC12CC(n3cc(C(=O)N4CC[C@@H](COC(F)(F)F)C4)cn3)(C1)C2. The molecule has 11 heteroatoms. The Labute approximate surface area is 178 Å². The van der Waals surface area contributed by atoms with Crippen LogP contribution in [0.4, 0.5) is 18.0 Å². The topological polar surface area (TPSA) is 85.7 Å². The first-order valence-electron chi connectivity index (χ1n) is 10.3. The summed E-state index contributed by atoms with van der Waals surface area (Å²) in [6.07, 6.45) is 0.722. The zero-order valence-electron chi connectivity index (χ0n) is 17.8. The Hall–Kier alpha value is -2.30. The fraction of sp³-hybridized carbons (Fsp3) is 0.750. The number of nitrogens with one attached hydrogen (secondary N) is 1. The van der Waals surface area contributed by atoms with Crippen molar-refractivity contribution in [2.75, 3.05) is 19.7 Å². The molecule has 0 aromatic carbocycles. The summed E-state index contributed by atoms with van der Waals surface area (Å²) >= 11 is 0. The van der Waals surface area contributed by atoms with Gasteiger partial charge in [-0.3, -0.25) is 14.2 Å². The summed E-state index contributed by atoms with van der Waals surface area (Å²) in [5.41, 5.74) is -0.632. The first-order chi connectivity index (χ1) is 14.3. The average Bonchev–Trinajstić information content (AvgIpc) is 3.21. The number of rotatable bonds is 5. The molecule has 1 aromatic rings. The number of carbonyl (C=O) groups is 2. The van der Waals surface area contributed by atoms with Crippen LogP contribution in [0, 0.1) is 5.92 Å². The van der Waals surface area contributed by atoms with E-state index >= 15 is 0 Å². The van der Waals surface area contributed by atoms with E-state index in [9.17, 15) is 22.8 Å². The third kappa shape index (κ3) is 4.51. The summed E-state index contributed by atoms with van der Waals surface area (Å²) in [5, 5.41) is 7.29. The Morgan fingerprint density at radius 1 is 1.26 bits per heavy atom. The van der Waals surface area contributed by atoms with Gasteiger partial charge < -0.3 is 15.0 Å². The van der Waals surface area contributed by atoms with Crippen LogP contribution in [0.3, 0.4) is 0 Å². The molecule has 2 bridgehead atoms. The number of alkyl halides is 3. The third-order valence-electron chi connectivity index (χ3n) is 6.14. The van der Waals surface area contributed by atoms with Crippen molar-refractivity contribution in [2.45, 2.75) is 69.5 Å². The minimum atomic E-state index is -4.66. The quantitative estimate of drug-likeness (QED) is 0.755. The molecule has 1 aromatic heterocycles. The number of carbonyl (C=O) groups excluding carboxylic acids is 2. The molecule has 2 amide bonds. The van der Waals surface area contributed by atoms with Gasteiger partial charge in [-0.25, -0.2) is 4.79 Å². The van der Waals surface area contributed by atoms with E-state index in [0.717, 1.165) is 19.3 Å². The summed E-state index contributed by atoms with van der Waals surface area (Å²) in [4.78, 5) is 26.3. The summed E-state index contributed by atoms with van der Waals surface area (Å²) in [6, 6.07) is 0. The standard InChI is InChI=1S/C20H27F3N4O4/c1-17(2,3)31-16(29)25-18-10-19(11-18,12-18)27-8-14(6-24-27)15(28)26-5-4-13(7-26)9-30-20(21,22)23/h6,8,13H,4-5,7,9-12H2,1-3H3,(H,25,29)/t13-,18?,19?/m1/s1. The van der Waals surface area contributed by atoms with Crippen molar-refractivity contribution in [2.24, 2.45) is 5.92 Å². The van der Waals surface area contributed by atoms with Crippen LogP contribution in [-0.2, 0) is 15.0 Å². The summed E-state index contributed by atoms with van der Waals surface area (Å²) in [7, 11) is 0. The Kier molecular flexibility index (Phi) is 5.03. The van der Waals surface area contributed by atoms with Crippen molar-refractivity contribution >= 4 is 12.0 Å². The highest BCUT2D eigenvalue weighted by molar-refractivity contribution is 5.94. The van der Waals surface area contributed by atoms with Gasteiger partial charge in [-0.1, -0.05) is 0 Å². The second-order valence-corrected chi connectivity index (χ2v) is 10.00. The molecular weight excluding hydrogens is 417 g/mol. The van der Waals surface area contributed by atoms with Gasteiger partial charge in [0.2, 0.25) is 0 Å². The number of likely N-dealkylation sites (tertiary alicyclic amines) is 1. The molecule has 31 heavy (non-hydrogen) atoms. The number of hydrogen-bond donors (Lipinski definition) is 1. The van der Waals surface area contributed by atoms with E-state index in [2.05, 4.69) is 15.2 Å². The summed E-state index contributed by atoms with van der Waals surface area (Å²) in [5.74, 6) is -0.578. The van der Waals surface area contributed by atoms with Gasteiger partial charge in [0.15, 0.2) is 0 Å². The van der Waals surface area contributed by atoms with Gasteiger partial charge in [0.05, 0.1) is 29.4 Å². The number of amides is 2. The van der Waals surface area contributed by atoms with E-state index in [-0.39, 0.29) is 29.4 Å². The van der Waals surface area contributed by atoms with Crippen LogP contribution in [0.25, 0.3) is 0 Å². The van der Waals surface area contributed by atoms with Crippen LogP contribution >= 0.6 is 0 Å². The Bertz CT molecular complexity index is 857. The van der Waals surface area contributed by atoms with Crippen molar-refractivity contribution in [1.29, 1.82) is 0 Å². The van der Waals surface area contributed by atoms with E-state index in [1.165, 1.54) is 6.20 Å².